The first-order valence-corrected chi connectivity index (χ1v) is 7.90. The van der Waals surface area contributed by atoms with Gasteiger partial charge in [-0.2, -0.15) is 13.2 Å². The first-order chi connectivity index (χ1) is 10.9. The van der Waals surface area contributed by atoms with Crippen LogP contribution in [0.3, 0.4) is 0 Å². The van der Waals surface area contributed by atoms with Gasteiger partial charge in [0.1, 0.15) is 5.82 Å². The number of anilines is 1. The fraction of sp³-hybridized carbons (Fsp3) is 0.667. The van der Waals surface area contributed by atoms with Crippen LogP contribution in [-0.4, -0.2) is 40.1 Å². The molecule has 2 fully saturated rings. The minimum absolute atomic E-state index is 0.00592. The molecular weight excluding hydrogens is 309 g/mol. The predicted octanol–water partition coefficient (Wildman–Crippen LogP) is 2.70. The number of alkyl halides is 3. The Morgan fingerprint density at radius 3 is 2.52 bits per heavy atom. The van der Waals surface area contributed by atoms with E-state index in [0.717, 1.165) is 38.2 Å². The van der Waals surface area contributed by atoms with Gasteiger partial charge < -0.3 is 10.2 Å². The molecule has 0 aromatic carbocycles. The maximum absolute atomic E-state index is 12.4. The Bertz CT molecular complexity index is 555. The monoisotopic (exact) mass is 328 g/mol. The summed E-state index contributed by atoms with van der Waals surface area (Å²) in [6, 6.07) is 2.19. The molecule has 1 saturated carbocycles. The Balaban J connectivity index is 1.54. The van der Waals surface area contributed by atoms with Crippen LogP contribution in [0.1, 0.15) is 37.8 Å². The summed E-state index contributed by atoms with van der Waals surface area (Å²) in [5, 5.41) is 9.82. The van der Waals surface area contributed by atoms with Crippen LogP contribution in [0, 0.1) is 5.92 Å². The van der Waals surface area contributed by atoms with E-state index < -0.39 is 11.9 Å². The standard InChI is InChI=1S/C15H19F3N4O/c16-15(17,18)12-5-6-13(21-20-12)19-11-7-8-22(9-11)14(23)10-3-1-2-4-10/h5-6,10-11H,1-4,7-9H2,(H,19,21). The zero-order chi connectivity index (χ0) is 16.4. The van der Waals surface area contributed by atoms with Gasteiger partial charge in [-0.1, -0.05) is 12.8 Å². The average Bonchev–Trinajstić information content (AvgIpc) is 3.18. The average molecular weight is 328 g/mol. The number of amides is 1. The molecule has 0 radical (unpaired) electrons. The molecule has 1 N–H and O–H groups in total. The Morgan fingerprint density at radius 1 is 1.17 bits per heavy atom. The maximum Gasteiger partial charge on any atom is 0.435 e. The van der Waals surface area contributed by atoms with Gasteiger partial charge in [0.05, 0.1) is 0 Å². The van der Waals surface area contributed by atoms with Crippen molar-refractivity contribution in [3.63, 3.8) is 0 Å². The molecule has 23 heavy (non-hydrogen) atoms. The summed E-state index contributed by atoms with van der Waals surface area (Å²) in [6.07, 6.45) is 0.459. The normalized spacial score (nSPS) is 22.6. The Morgan fingerprint density at radius 2 is 1.91 bits per heavy atom. The van der Waals surface area contributed by atoms with Crippen molar-refractivity contribution < 1.29 is 18.0 Å². The Kier molecular flexibility index (Phi) is 4.41. The highest BCUT2D eigenvalue weighted by Gasteiger charge is 2.34. The first kappa shape index (κ1) is 16.0. The molecule has 1 aromatic rings. The number of carbonyl (C=O) groups is 1. The van der Waals surface area contributed by atoms with Crippen LogP contribution < -0.4 is 5.32 Å². The van der Waals surface area contributed by atoms with E-state index in [2.05, 4.69) is 15.5 Å². The third-order valence-corrected chi connectivity index (χ3v) is 4.51. The van der Waals surface area contributed by atoms with Crippen LogP contribution in [0.5, 0.6) is 0 Å². The topological polar surface area (TPSA) is 58.1 Å². The quantitative estimate of drug-likeness (QED) is 0.927. The van der Waals surface area contributed by atoms with Crippen molar-refractivity contribution in [3.8, 4) is 0 Å². The summed E-state index contributed by atoms with van der Waals surface area (Å²) in [6.45, 7) is 1.25. The van der Waals surface area contributed by atoms with Gasteiger partial charge in [-0.15, -0.1) is 10.2 Å². The molecule has 1 aliphatic carbocycles. The number of nitrogens with one attached hydrogen (secondary N) is 1. The SMILES string of the molecule is O=C(C1CCCC1)N1CCC(Nc2ccc(C(F)(F)F)nn2)C1. The minimum Gasteiger partial charge on any atom is -0.364 e. The molecule has 8 heteroatoms. The number of aromatic nitrogens is 2. The number of hydrogen-bond acceptors (Lipinski definition) is 4. The molecule has 1 atom stereocenters. The number of halogens is 3. The van der Waals surface area contributed by atoms with E-state index in [4.69, 9.17) is 0 Å². The lowest BCUT2D eigenvalue weighted by Crippen LogP contribution is -2.35. The lowest BCUT2D eigenvalue weighted by Gasteiger charge is -2.20. The zero-order valence-corrected chi connectivity index (χ0v) is 12.6. The molecule has 0 spiro atoms. The van der Waals surface area contributed by atoms with E-state index in [1.807, 2.05) is 4.90 Å². The highest BCUT2D eigenvalue weighted by atomic mass is 19.4. The van der Waals surface area contributed by atoms with E-state index in [9.17, 15) is 18.0 Å². The second-order valence-corrected chi connectivity index (χ2v) is 6.20. The van der Waals surface area contributed by atoms with Crippen LogP contribution in [-0.2, 0) is 11.0 Å². The highest BCUT2D eigenvalue weighted by molar-refractivity contribution is 5.79. The van der Waals surface area contributed by atoms with Gasteiger partial charge in [0.2, 0.25) is 5.91 Å². The third kappa shape index (κ3) is 3.73. The summed E-state index contributed by atoms with van der Waals surface area (Å²) in [7, 11) is 0. The van der Waals surface area contributed by atoms with Crippen LogP contribution in [0.15, 0.2) is 12.1 Å². The van der Waals surface area contributed by atoms with Crippen molar-refractivity contribution in [1.29, 1.82) is 0 Å². The summed E-state index contributed by atoms with van der Waals surface area (Å²) in [4.78, 5) is 14.2. The van der Waals surface area contributed by atoms with Gasteiger partial charge in [-0.25, -0.2) is 0 Å². The summed E-state index contributed by atoms with van der Waals surface area (Å²) in [5.74, 6) is 0.670. The predicted molar refractivity (Wildman–Crippen MR) is 77.6 cm³/mol. The van der Waals surface area contributed by atoms with Crippen LogP contribution in [0.4, 0.5) is 19.0 Å². The number of carbonyl (C=O) groups excluding carboxylic acids is 1. The van der Waals surface area contributed by atoms with Gasteiger partial charge in [0.15, 0.2) is 5.69 Å². The van der Waals surface area contributed by atoms with Crippen molar-refractivity contribution in [2.75, 3.05) is 18.4 Å². The van der Waals surface area contributed by atoms with Crippen molar-refractivity contribution in [1.82, 2.24) is 15.1 Å². The minimum atomic E-state index is -4.48. The van der Waals surface area contributed by atoms with Crippen LogP contribution in [0.2, 0.25) is 0 Å². The number of rotatable bonds is 3. The zero-order valence-electron chi connectivity index (χ0n) is 12.6. The number of likely N-dealkylation sites (tertiary alicyclic amines) is 1. The summed E-state index contributed by atoms with van der Waals surface area (Å²) in [5.41, 5.74) is -1.01. The smallest absolute Gasteiger partial charge is 0.364 e. The van der Waals surface area contributed by atoms with Gasteiger partial charge in [0.25, 0.3) is 0 Å². The number of hydrogen-bond donors (Lipinski definition) is 1. The van der Waals surface area contributed by atoms with E-state index in [1.54, 1.807) is 0 Å². The molecule has 126 valence electrons. The van der Waals surface area contributed by atoms with Crippen LogP contribution >= 0.6 is 0 Å². The molecule has 2 aliphatic rings. The lowest BCUT2D eigenvalue weighted by atomic mass is 10.1. The largest absolute Gasteiger partial charge is 0.435 e. The maximum atomic E-state index is 12.4. The molecule has 2 heterocycles. The molecular formula is C15H19F3N4O. The summed E-state index contributed by atoms with van der Waals surface area (Å²) < 4.78 is 37.3. The second kappa shape index (κ2) is 6.33. The molecule has 0 bridgehead atoms. The van der Waals surface area contributed by atoms with Crippen molar-refractivity contribution in [3.05, 3.63) is 17.8 Å². The van der Waals surface area contributed by atoms with Gasteiger partial charge >= 0.3 is 6.18 Å². The molecule has 1 unspecified atom stereocenters. The first-order valence-electron chi connectivity index (χ1n) is 7.90. The van der Waals surface area contributed by atoms with E-state index in [0.29, 0.717) is 18.9 Å². The lowest BCUT2D eigenvalue weighted by molar-refractivity contribution is -0.141. The van der Waals surface area contributed by atoms with Gasteiger partial charge in [-0.3, -0.25) is 4.79 Å². The van der Waals surface area contributed by atoms with Crippen molar-refractivity contribution in [2.45, 2.75) is 44.3 Å². The second-order valence-electron chi connectivity index (χ2n) is 6.20. The fourth-order valence-electron chi connectivity index (χ4n) is 3.28. The van der Waals surface area contributed by atoms with Crippen molar-refractivity contribution >= 4 is 11.7 Å². The van der Waals surface area contributed by atoms with Crippen LogP contribution in [0.25, 0.3) is 0 Å². The molecule has 1 aromatic heterocycles. The summed E-state index contributed by atoms with van der Waals surface area (Å²) >= 11 is 0. The molecule has 1 amide bonds. The van der Waals surface area contributed by atoms with Gasteiger partial charge in [0, 0.05) is 25.0 Å². The molecule has 1 aliphatic heterocycles. The van der Waals surface area contributed by atoms with Gasteiger partial charge in [-0.05, 0) is 31.4 Å². The third-order valence-electron chi connectivity index (χ3n) is 4.51. The van der Waals surface area contributed by atoms with E-state index in [1.165, 1.54) is 6.07 Å². The van der Waals surface area contributed by atoms with Crippen molar-refractivity contribution in [2.24, 2.45) is 5.92 Å². The number of nitrogens with zero attached hydrogens (tertiary/aromatic N) is 3. The highest BCUT2D eigenvalue weighted by Crippen LogP contribution is 2.29. The molecule has 3 rings (SSSR count). The molecule has 1 saturated heterocycles. The molecule has 5 nitrogen and oxygen atoms in total. The van der Waals surface area contributed by atoms with E-state index >= 15 is 0 Å². The van der Waals surface area contributed by atoms with E-state index in [-0.39, 0.29) is 17.9 Å². The Labute approximate surface area is 132 Å². The Hall–Kier alpha value is -1.86. The fourth-order valence-corrected chi connectivity index (χ4v) is 3.28.